The van der Waals surface area contributed by atoms with E-state index < -0.39 is 19.3 Å². The van der Waals surface area contributed by atoms with Gasteiger partial charge in [-0.05, 0) is 34.4 Å². The minimum atomic E-state index is -3.67. The summed E-state index contributed by atoms with van der Waals surface area (Å²) in [6.45, 7) is 0. The predicted molar refractivity (Wildman–Crippen MR) is 106 cm³/mol. The standard InChI is InChI=1S/C20H21N2O4P/c21-19-8-6-14(11-22-19)9-18(20(23)24)13-27(25,26)12-15-5-7-16-3-1-2-4-17(16)10-15/h1-8,10-11,18H,9,12-13H2,(H2,21,22)(H,23,24)(H,25,26). The number of nitrogens with zero attached hydrogens (tertiary/aromatic N) is 1. The van der Waals surface area contributed by atoms with Gasteiger partial charge in [-0.3, -0.25) is 9.36 Å². The first-order valence-corrected chi connectivity index (χ1v) is 10.6. The minimum Gasteiger partial charge on any atom is -0.481 e. The van der Waals surface area contributed by atoms with Gasteiger partial charge in [0, 0.05) is 18.5 Å². The molecule has 1 aromatic heterocycles. The molecular weight excluding hydrogens is 363 g/mol. The van der Waals surface area contributed by atoms with Gasteiger partial charge in [0.2, 0.25) is 7.37 Å². The first-order chi connectivity index (χ1) is 12.8. The number of carboxylic acids is 1. The third kappa shape index (κ3) is 5.16. The van der Waals surface area contributed by atoms with Gasteiger partial charge in [-0.15, -0.1) is 0 Å². The molecule has 27 heavy (non-hydrogen) atoms. The van der Waals surface area contributed by atoms with Gasteiger partial charge in [0.05, 0.1) is 5.92 Å². The number of anilines is 1. The number of aliphatic carboxylic acids is 1. The molecule has 0 aliphatic rings. The Labute approximate surface area is 157 Å². The van der Waals surface area contributed by atoms with E-state index in [2.05, 4.69) is 4.98 Å². The highest BCUT2D eigenvalue weighted by Crippen LogP contribution is 2.47. The van der Waals surface area contributed by atoms with Crippen molar-refractivity contribution in [2.75, 3.05) is 11.9 Å². The number of hydrogen-bond donors (Lipinski definition) is 3. The van der Waals surface area contributed by atoms with Crippen LogP contribution < -0.4 is 5.73 Å². The van der Waals surface area contributed by atoms with E-state index in [4.69, 9.17) is 5.73 Å². The fourth-order valence-corrected chi connectivity index (χ4v) is 4.97. The Bertz CT molecular complexity index is 1000. The molecule has 2 atom stereocenters. The predicted octanol–water partition coefficient (Wildman–Crippen LogP) is 3.53. The van der Waals surface area contributed by atoms with Crippen molar-refractivity contribution in [3.63, 3.8) is 0 Å². The molecule has 0 radical (unpaired) electrons. The molecule has 0 saturated carbocycles. The molecule has 0 spiro atoms. The Morgan fingerprint density at radius 3 is 2.44 bits per heavy atom. The van der Waals surface area contributed by atoms with Crippen molar-refractivity contribution in [1.82, 2.24) is 4.98 Å². The molecule has 0 amide bonds. The number of rotatable bonds is 7. The number of fused-ring (bicyclic) bond motifs is 1. The zero-order chi connectivity index (χ0) is 19.4. The lowest BCUT2D eigenvalue weighted by Crippen LogP contribution is -2.21. The smallest absolute Gasteiger partial charge is 0.307 e. The van der Waals surface area contributed by atoms with E-state index in [9.17, 15) is 19.4 Å². The fraction of sp³-hybridized carbons (Fsp3) is 0.200. The highest BCUT2D eigenvalue weighted by atomic mass is 31.2. The van der Waals surface area contributed by atoms with Crippen LogP contribution in [0.4, 0.5) is 5.82 Å². The Hall–Kier alpha value is -2.69. The molecule has 0 fully saturated rings. The van der Waals surface area contributed by atoms with Gasteiger partial charge in [0.25, 0.3) is 0 Å². The minimum absolute atomic E-state index is 0.0540. The van der Waals surface area contributed by atoms with Crippen LogP contribution in [0.5, 0.6) is 0 Å². The molecule has 1 heterocycles. The maximum Gasteiger partial charge on any atom is 0.307 e. The first kappa shape index (κ1) is 19.1. The van der Waals surface area contributed by atoms with E-state index in [-0.39, 0.29) is 18.7 Å². The van der Waals surface area contributed by atoms with Crippen LogP contribution in [-0.4, -0.2) is 27.1 Å². The number of aromatic nitrogens is 1. The second kappa shape index (κ2) is 7.91. The topological polar surface area (TPSA) is 114 Å². The SMILES string of the molecule is Nc1ccc(CC(CP(=O)(O)Cc2ccc3ccccc3c2)C(=O)O)cn1. The van der Waals surface area contributed by atoms with Gasteiger partial charge in [-0.25, -0.2) is 4.98 Å². The lowest BCUT2D eigenvalue weighted by Gasteiger charge is -2.18. The second-order valence-corrected chi connectivity index (χ2v) is 9.07. The van der Waals surface area contributed by atoms with Crippen LogP contribution in [0.1, 0.15) is 11.1 Å². The molecule has 2 unspecified atom stereocenters. The maximum absolute atomic E-state index is 12.7. The summed E-state index contributed by atoms with van der Waals surface area (Å²) >= 11 is 0. The van der Waals surface area contributed by atoms with Crippen LogP contribution in [0.2, 0.25) is 0 Å². The van der Waals surface area contributed by atoms with Gasteiger partial charge in [0.15, 0.2) is 0 Å². The Kier molecular flexibility index (Phi) is 5.59. The molecular formula is C20H21N2O4P. The fourth-order valence-electron chi connectivity index (χ4n) is 3.10. The molecule has 2 aromatic carbocycles. The van der Waals surface area contributed by atoms with E-state index in [0.717, 1.165) is 16.3 Å². The normalized spacial score (nSPS) is 14.6. The summed E-state index contributed by atoms with van der Waals surface area (Å²) in [6, 6.07) is 16.6. The number of carboxylic acid groups (broad SMARTS) is 1. The lowest BCUT2D eigenvalue weighted by atomic mass is 10.0. The van der Waals surface area contributed by atoms with Crippen molar-refractivity contribution in [1.29, 1.82) is 0 Å². The number of nitrogen functional groups attached to an aromatic ring is 1. The third-order valence-corrected chi connectivity index (χ3v) is 6.30. The summed E-state index contributed by atoms with van der Waals surface area (Å²) in [5, 5.41) is 11.5. The quantitative estimate of drug-likeness (QED) is 0.537. The van der Waals surface area contributed by atoms with Gasteiger partial charge >= 0.3 is 5.97 Å². The highest BCUT2D eigenvalue weighted by molar-refractivity contribution is 7.57. The summed E-state index contributed by atoms with van der Waals surface area (Å²) in [5.41, 5.74) is 6.92. The number of pyridine rings is 1. The van der Waals surface area contributed by atoms with Gasteiger partial charge in [0.1, 0.15) is 5.82 Å². The molecule has 7 heteroatoms. The molecule has 0 saturated heterocycles. The monoisotopic (exact) mass is 384 g/mol. The summed E-state index contributed by atoms with van der Waals surface area (Å²) < 4.78 is 12.7. The van der Waals surface area contributed by atoms with Gasteiger partial charge in [-0.1, -0.05) is 48.5 Å². The van der Waals surface area contributed by atoms with Crippen molar-refractivity contribution in [3.8, 4) is 0 Å². The molecule has 3 aromatic rings. The van der Waals surface area contributed by atoms with E-state index in [0.29, 0.717) is 11.4 Å². The van der Waals surface area contributed by atoms with Crippen molar-refractivity contribution in [2.45, 2.75) is 12.6 Å². The molecule has 3 rings (SSSR count). The van der Waals surface area contributed by atoms with Crippen molar-refractivity contribution >= 4 is 29.9 Å². The average Bonchev–Trinajstić information content (AvgIpc) is 2.62. The molecule has 140 valence electrons. The van der Waals surface area contributed by atoms with Crippen LogP contribution in [0.25, 0.3) is 10.8 Å². The number of benzene rings is 2. The maximum atomic E-state index is 12.7. The lowest BCUT2D eigenvalue weighted by molar-refractivity contribution is -0.141. The van der Waals surface area contributed by atoms with Crippen LogP contribution in [-0.2, 0) is 21.9 Å². The third-order valence-electron chi connectivity index (χ3n) is 4.43. The van der Waals surface area contributed by atoms with E-state index in [1.54, 1.807) is 12.1 Å². The Balaban J connectivity index is 1.74. The molecule has 6 nitrogen and oxygen atoms in total. The molecule has 0 aliphatic carbocycles. The van der Waals surface area contributed by atoms with Crippen molar-refractivity contribution in [2.24, 2.45) is 5.92 Å². The first-order valence-electron chi connectivity index (χ1n) is 8.54. The van der Waals surface area contributed by atoms with Crippen molar-refractivity contribution in [3.05, 3.63) is 71.9 Å². The number of nitrogens with two attached hydrogens (primary N) is 1. The second-order valence-electron chi connectivity index (χ2n) is 6.70. The Morgan fingerprint density at radius 1 is 1.07 bits per heavy atom. The molecule has 0 aliphatic heterocycles. The van der Waals surface area contributed by atoms with E-state index in [1.807, 2.05) is 42.5 Å². The van der Waals surface area contributed by atoms with E-state index >= 15 is 0 Å². The molecule has 4 N–H and O–H groups in total. The highest BCUT2D eigenvalue weighted by Gasteiger charge is 2.29. The largest absolute Gasteiger partial charge is 0.481 e. The Morgan fingerprint density at radius 2 is 1.78 bits per heavy atom. The summed E-state index contributed by atoms with van der Waals surface area (Å²) in [6.07, 6.45) is 1.28. The van der Waals surface area contributed by atoms with Crippen LogP contribution in [0.15, 0.2) is 60.8 Å². The molecule has 0 bridgehead atoms. The zero-order valence-electron chi connectivity index (χ0n) is 14.7. The zero-order valence-corrected chi connectivity index (χ0v) is 15.5. The number of carbonyl (C=O) groups is 1. The van der Waals surface area contributed by atoms with E-state index in [1.165, 1.54) is 6.20 Å². The average molecular weight is 384 g/mol. The summed E-state index contributed by atoms with van der Waals surface area (Å²) in [4.78, 5) is 26.0. The summed E-state index contributed by atoms with van der Waals surface area (Å²) in [5.74, 6) is -1.72. The van der Waals surface area contributed by atoms with Crippen LogP contribution in [0.3, 0.4) is 0 Å². The van der Waals surface area contributed by atoms with Crippen molar-refractivity contribution < 1.29 is 19.4 Å². The van der Waals surface area contributed by atoms with Gasteiger partial charge in [-0.2, -0.15) is 0 Å². The summed E-state index contributed by atoms with van der Waals surface area (Å²) in [7, 11) is -3.67. The van der Waals surface area contributed by atoms with Crippen LogP contribution in [0, 0.1) is 5.92 Å². The van der Waals surface area contributed by atoms with Gasteiger partial charge < -0.3 is 15.7 Å². The van der Waals surface area contributed by atoms with Crippen LogP contribution >= 0.6 is 7.37 Å². The number of hydrogen-bond acceptors (Lipinski definition) is 4.